The molecule has 1 saturated carbocycles. The molecular weight excluding hydrogens is 413 g/mol. The molecule has 2 heterocycles. The SMILES string of the molecule is CC1CC(C(=O)N/C(=N\C2NNC(C(F)(F)F)C2C)NC2CCCC(Cl)C2)ON1. The zero-order valence-electron chi connectivity index (χ0n) is 16.4. The van der Waals surface area contributed by atoms with E-state index in [1.165, 1.54) is 6.92 Å². The van der Waals surface area contributed by atoms with E-state index in [0.29, 0.717) is 12.8 Å². The Bertz CT molecular complexity index is 622. The number of carbonyl (C=O) groups is 1. The van der Waals surface area contributed by atoms with E-state index in [9.17, 15) is 18.0 Å². The third-order valence-electron chi connectivity index (χ3n) is 5.50. The molecule has 1 amide bonds. The topological polar surface area (TPSA) is 98.8 Å². The highest BCUT2D eigenvalue weighted by atomic mass is 35.5. The van der Waals surface area contributed by atoms with Gasteiger partial charge in [0.1, 0.15) is 12.2 Å². The molecule has 0 aromatic rings. The van der Waals surface area contributed by atoms with E-state index < -0.39 is 36.3 Å². The number of carbonyl (C=O) groups excluding carboxylic acids is 1. The van der Waals surface area contributed by atoms with Gasteiger partial charge in [-0.15, -0.1) is 11.6 Å². The summed E-state index contributed by atoms with van der Waals surface area (Å²) >= 11 is 6.24. The Labute approximate surface area is 172 Å². The van der Waals surface area contributed by atoms with Crippen molar-refractivity contribution in [1.29, 1.82) is 0 Å². The second kappa shape index (κ2) is 9.34. The number of halogens is 4. The molecule has 29 heavy (non-hydrogen) atoms. The summed E-state index contributed by atoms with van der Waals surface area (Å²) in [4.78, 5) is 22.1. The number of amides is 1. The average Bonchev–Trinajstić information content (AvgIpc) is 3.21. The summed E-state index contributed by atoms with van der Waals surface area (Å²) in [6.07, 6.45) is -2.10. The van der Waals surface area contributed by atoms with E-state index in [0.717, 1.165) is 19.3 Å². The lowest BCUT2D eigenvalue weighted by Gasteiger charge is -2.28. The smallest absolute Gasteiger partial charge is 0.353 e. The minimum absolute atomic E-state index is 0.0150. The molecule has 1 aliphatic carbocycles. The number of rotatable bonds is 3. The van der Waals surface area contributed by atoms with Gasteiger partial charge in [-0.25, -0.2) is 15.8 Å². The molecule has 2 aliphatic heterocycles. The van der Waals surface area contributed by atoms with Gasteiger partial charge in [0, 0.05) is 29.8 Å². The first-order valence-electron chi connectivity index (χ1n) is 9.91. The summed E-state index contributed by atoms with van der Waals surface area (Å²) in [7, 11) is 0. The fourth-order valence-electron chi connectivity index (χ4n) is 3.82. The predicted octanol–water partition coefficient (Wildman–Crippen LogP) is 1.28. The Hall–Kier alpha value is -1.14. The molecule has 3 fully saturated rings. The molecule has 0 spiro atoms. The van der Waals surface area contributed by atoms with Gasteiger partial charge >= 0.3 is 6.18 Å². The Balaban J connectivity index is 1.71. The highest BCUT2D eigenvalue weighted by Crippen LogP contribution is 2.30. The highest BCUT2D eigenvalue weighted by molar-refractivity contribution is 6.20. The molecule has 0 aromatic carbocycles. The summed E-state index contributed by atoms with van der Waals surface area (Å²) in [6, 6.07) is -1.71. The summed E-state index contributed by atoms with van der Waals surface area (Å²) < 4.78 is 39.3. The molecule has 7 unspecified atom stereocenters. The third kappa shape index (κ3) is 5.94. The normalized spacial score (nSPS) is 38.8. The minimum atomic E-state index is -4.40. The molecule has 3 aliphatic rings. The first-order valence-corrected chi connectivity index (χ1v) is 10.4. The van der Waals surface area contributed by atoms with Crippen LogP contribution in [-0.4, -0.2) is 53.8 Å². The van der Waals surface area contributed by atoms with Crippen LogP contribution in [0.3, 0.4) is 0 Å². The average molecular weight is 441 g/mol. The predicted molar refractivity (Wildman–Crippen MR) is 102 cm³/mol. The fraction of sp³-hybridized carbons (Fsp3) is 0.882. The van der Waals surface area contributed by atoms with Gasteiger partial charge in [0.05, 0.1) is 0 Å². The van der Waals surface area contributed by atoms with Crippen LogP contribution in [0.15, 0.2) is 4.99 Å². The van der Waals surface area contributed by atoms with E-state index >= 15 is 0 Å². The number of hydrazine groups is 1. The lowest BCUT2D eigenvalue weighted by atomic mass is 9.95. The lowest BCUT2D eigenvalue weighted by molar-refractivity contribution is -0.160. The maximum Gasteiger partial charge on any atom is 0.405 e. The number of alkyl halides is 4. The second-order valence-corrected chi connectivity index (χ2v) is 8.66. The zero-order chi connectivity index (χ0) is 21.2. The number of nitrogens with zero attached hydrogens (tertiary/aromatic N) is 1. The summed E-state index contributed by atoms with van der Waals surface area (Å²) in [6.45, 7) is 3.34. The van der Waals surface area contributed by atoms with Crippen LogP contribution in [-0.2, 0) is 9.63 Å². The molecule has 3 rings (SSSR count). The quantitative estimate of drug-likeness (QED) is 0.258. The first-order chi connectivity index (χ1) is 13.6. The van der Waals surface area contributed by atoms with Gasteiger partial charge in [0.25, 0.3) is 5.91 Å². The Morgan fingerprint density at radius 2 is 1.97 bits per heavy atom. The van der Waals surface area contributed by atoms with Gasteiger partial charge in [0.15, 0.2) is 12.1 Å². The maximum atomic E-state index is 13.1. The number of hydroxylamine groups is 1. The molecule has 0 radical (unpaired) electrons. The Morgan fingerprint density at radius 3 is 2.55 bits per heavy atom. The van der Waals surface area contributed by atoms with Crippen molar-refractivity contribution in [2.45, 2.75) is 87.9 Å². The summed E-state index contributed by atoms with van der Waals surface area (Å²) in [5.74, 6) is -1.14. The molecule has 2 saturated heterocycles. The van der Waals surface area contributed by atoms with Gasteiger partial charge in [0.2, 0.25) is 0 Å². The van der Waals surface area contributed by atoms with Crippen molar-refractivity contribution in [2.75, 3.05) is 0 Å². The van der Waals surface area contributed by atoms with Gasteiger partial charge in [-0.2, -0.15) is 18.7 Å². The van der Waals surface area contributed by atoms with E-state index in [1.54, 1.807) is 0 Å². The Morgan fingerprint density at radius 1 is 1.21 bits per heavy atom. The van der Waals surface area contributed by atoms with E-state index in [2.05, 4.69) is 32.0 Å². The number of aliphatic imine (C=N–C) groups is 1. The van der Waals surface area contributed by atoms with Crippen LogP contribution in [0, 0.1) is 5.92 Å². The summed E-state index contributed by atoms with van der Waals surface area (Å²) in [5.41, 5.74) is 7.55. The third-order valence-corrected chi connectivity index (χ3v) is 5.89. The molecule has 0 bridgehead atoms. The van der Waals surface area contributed by atoms with Crippen molar-refractivity contribution in [3.8, 4) is 0 Å². The molecule has 8 nitrogen and oxygen atoms in total. The molecule has 12 heteroatoms. The van der Waals surface area contributed by atoms with Crippen molar-refractivity contribution in [1.82, 2.24) is 27.0 Å². The molecule has 7 atom stereocenters. The molecule has 0 aromatic heterocycles. The maximum absolute atomic E-state index is 13.1. The van der Waals surface area contributed by atoms with Gasteiger partial charge in [-0.1, -0.05) is 6.92 Å². The zero-order valence-corrected chi connectivity index (χ0v) is 17.1. The van der Waals surface area contributed by atoms with Gasteiger partial charge < -0.3 is 5.32 Å². The van der Waals surface area contributed by atoms with Crippen LogP contribution in [0.2, 0.25) is 0 Å². The van der Waals surface area contributed by atoms with Crippen molar-refractivity contribution in [3.05, 3.63) is 0 Å². The molecule has 5 N–H and O–H groups in total. The minimum Gasteiger partial charge on any atom is -0.353 e. The number of hydrogen-bond donors (Lipinski definition) is 5. The lowest BCUT2D eigenvalue weighted by Crippen LogP contribution is -2.51. The van der Waals surface area contributed by atoms with Crippen molar-refractivity contribution < 1.29 is 22.8 Å². The summed E-state index contributed by atoms with van der Waals surface area (Å²) in [5, 5.41) is 5.86. The first kappa shape index (κ1) is 22.5. The Kier molecular flexibility index (Phi) is 7.26. The van der Waals surface area contributed by atoms with Crippen molar-refractivity contribution >= 4 is 23.5 Å². The van der Waals surface area contributed by atoms with Crippen LogP contribution >= 0.6 is 11.6 Å². The van der Waals surface area contributed by atoms with Gasteiger partial charge in [-0.3, -0.25) is 14.9 Å². The van der Waals surface area contributed by atoms with E-state index in [-0.39, 0.29) is 23.4 Å². The fourth-order valence-corrected chi connectivity index (χ4v) is 4.19. The standard InChI is InChI=1S/C17H28ClF3N6O2/c1-8-6-12(29-27-8)15(28)24-16(22-11-5-3-4-10(18)7-11)23-14-9(2)13(25-26-14)17(19,20)21/h8-14,25-27H,3-7H2,1-2H3,(H2,22,23,24,28). The van der Waals surface area contributed by atoms with Crippen LogP contribution in [0.1, 0.15) is 46.0 Å². The second-order valence-electron chi connectivity index (χ2n) is 8.05. The van der Waals surface area contributed by atoms with Gasteiger partial charge in [-0.05, 0) is 32.6 Å². The van der Waals surface area contributed by atoms with Crippen molar-refractivity contribution in [2.24, 2.45) is 10.9 Å². The van der Waals surface area contributed by atoms with Crippen LogP contribution in [0.5, 0.6) is 0 Å². The number of nitrogens with one attached hydrogen (secondary N) is 5. The van der Waals surface area contributed by atoms with E-state index in [4.69, 9.17) is 16.4 Å². The van der Waals surface area contributed by atoms with Crippen LogP contribution in [0.25, 0.3) is 0 Å². The molecular formula is C17H28ClF3N6O2. The number of hydrogen-bond acceptors (Lipinski definition) is 6. The monoisotopic (exact) mass is 440 g/mol. The van der Waals surface area contributed by atoms with Crippen LogP contribution < -0.4 is 27.0 Å². The van der Waals surface area contributed by atoms with E-state index in [1.807, 2.05) is 6.92 Å². The number of guanidine groups is 1. The van der Waals surface area contributed by atoms with Crippen LogP contribution in [0.4, 0.5) is 13.2 Å². The van der Waals surface area contributed by atoms with Crippen molar-refractivity contribution in [3.63, 3.8) is 0 Å². The highest BCUT2D eigenvalue weighted by Gasteiger charge is 2.49. The molecule has 166 valence electrons. The largest absolute Gasteiger partial charge is 0.405 e.